The topological polar surface area (TPSA) is 66.5 Å². The van der Waals surface area contributed by atoms with Crippen LogP contribution in [0, 0.1) is 23.7 Å². The van der Waals surface area contributed by atoms with E-state index in [1.807, 2.05) is 24.3 Å². The SMILES string of the molecule is CCc1ccccc1CNC(=O)CN1C(=O)[C@H]2[C@H](C1=O)[C@H]1C=C[C@H]2C1. The molecule has 3 amide bonds. The molecule has 0 unspecified atom stereocenters. The van der Waals surface area contributed by atoms with Crippen LogP contribution in [0.5, 0.6) is 0 Å². The molecule has 1 aromatic carbocycles. The molecule has 1 saturated heterocycles. The zero-order chi connectivity index (χ0) is 17.6. The van der Waals surface area contributed by atoms with E-state index in [-0.39, 0.29) is 47.9 Å². The van der Waals surface area contributed by atoms with Crippen molar-refractivity contribution in [3.63, 3.8) is 0 Å². The molecule has 2 aliphatic carbocycles. The van der Waals surface area contributed by atoms with Gasteiger partial charge in [-0.3, -0.25) is 19.3 Å². The molecule has 4 rings (SSSR count). The second-order valence-corrected chi connectivity index (χ2v) is 7.16. The minimum atomic E-state index is -0.284. The molecular weight excluding hydrogens is 316 g/mol. The van der Waals surface area contributed by atoms with Gasteiger partial charge in [0.2, 0.25) is 17.7 Å². The Morgan fingerprint density at radius 1 is 1.08 bits per heavy atom. The van der Waals surface area contributed by atoms with Gasteiger partial charge in [-0.15, -0.1) is 0 Å². The Labute approximate surface area is 147 Å². The van der Waals surface area contributed by atoms with Crippen molar-refractivity contribution in [1.82, 2.24) is 10.2 Å². The maximum Gasteiger partial charge on any atom is 0.240 e. The lowest BCUT2D eigenvalue weighted by Crippen LogP contribution is -2.41. The third-order valence-corrected chi connectivity index (χ3v) is 5.84. The second kappa shape index (κ2) is 6.14. The molecule has 2 bridgehead atoms. The van der Waals surface area contributed by atoms with Crippen molar-refractivity contribution in [2.75, 3.05) is 6.54 Å². The Hall–Kier alpha value is -2.43. The number of rotatable bonds is 5. The second-order valence-electron chi connectivity index (χ2n) is 7.16. The number of allylic oxidation sites excluding steroid dienone is 2. The minimum Gasteiger partial charge on any atom is -0.350 e. The minimum absolute atomic E-state index is 0.168. The highest BCUT2D eigenvalue weighted by molar-refractivity contribution is 6.08. The number of imide groups is 1. The number of hydrogen-bond donors (Lipinski definition) is 1. The van der Waals surface area contributed by atoms with Gasteiger partial charge in [-0.2, -0.15) is 0 Å². The van der Waals surface area contributed by atoms with Gasteiger partial charge in [-0.05, 0) is 35.8 Å². The Morgan fingerprint density at radius 3 is 2.28 bits per heavy atom. The Bertz CT molecular complexity index is 740. The Morgan fingerprint density at radius 2 is 1.68 bits per heavy atom. The zero-order valence-electron chi connectivity index (χ0n) is 14.3. The number of nitrogens with zero attached hydrogens (tertiary/aromatic N) is 1. The van der Waals surface area contributed by atoms with Crippen LogP contribution < -0.4 is 5.32 Å². The molecule has 1 aromatic rings. The van der Waals surface area contributed by atoms with Crippen LogP contribution in [-0.4, -0.2) is 29.2 Å². The molecule has 25 heavy (non-hydrogen) atoms. The van der Waals surface area contributed by atoms with Crippen LogP contribution in [0.3, 0.4) is 0 Å². The van der Waals surface area contributed by atoms with E-state index in [1.165, 1.54) is 10.5 Å². The Kier molecular flexibility index (Phi) is 3.94. The van der Waals surface area contributed by atoms with Crippen LogP contribution in [0.4, 0.5) is 0 Å². The normalized spacial score (nSPS) is 29.4. The first-order valence-corrected chi connectivity index (χ1v) is 8.97. The summed E-state index contributed by atoms with van der Waals surface area (Å²) >= 11 is 0. The van der Waals surface area contributed by atoms with Crippen LogP contribution in [0.25, 0.3) is 0 Å². The summed E-state index contributed by atoms with van der Waals surface area (Å²) in [5.41, 5.74) is 2.25. The molecule has 1 aliphatic heterocycles. The zero-order valence-corrected chi connectivity index (χ0v) is 14.3. The number of aryl methyl sites for hydroxylation is 1. The third-order valence-electron chi connectivity index (χ3n) is 5.84. The molecule has 0 spiro atoms. The van der Waals surface area contributed by atoms with Gasteiger partial charge in [0.25, 0.3) is 0 Å². The fourth-order valence-electron chi connectivity index (χ4n) is 4.59. The van der Waals surface area contributed by atoms with Crippen LogP contribution in [-0.2, 0) is 27.3 Å². The fourth-order valence-corrected chi connectivity index (χ4v) is 4.59. The van der Waals surface area contributed by atoms with Gasteiger partial charge in [0.05, 0.1) is 11.8 Å². The lowest BCUT2D eigenvalue weighted by molar-refractivity contribution is -0.144. The number of fused-ring (bicyclic) bond motifs is 5. The average molecular weight is 338 g/mol. The molecule has 1 heterocycles. The molecule has 5 heteroatoms. The molecule has 3 aliphatic rings. The van der Waals surface area contributed by atoms with Crippen LogP contribution in [0.2, 0.25) is 0 Å². The number of likely N-dealkylation sites (tertiary alicyclic amines) is 1. The van der Waals surface area contributed by atoms with Crippen molar-refractivity contribution in [2.45, 2.75) is 26.3 Å². The predicted molar refractivity (Wildman–Crippen MR) is 92.1 cm³/mol. The van der Waals surface area contributed by atoms with Gasteiger partial charge in [0.15, 0.2) is 0 Å². The summed E-state index contributed by atoms with van der Waals surface area (Å²) in [5.74, 6) is -0.751. The highest BCUT2D eigenvalue weighted by Gasteiger charge is 2.59. The molecule has 2 fully saturated rings. The molecule has 4 atom stereocenters. The van der Waals surface area contributed by atoms with Crippen LogP contribution in [0.15, 0.2) is 36.4 Å². The lowest BCUT2D eigenvalue weighted by Gasteiger charge is -2.17. The van der Waals surface area contributed by atoms with Gasteiger partial charge in [0.1, 0.15) is 6.54 Å². The molecule has 0 radical (unpaired) electrons. The summed E-state index contributed by atoms with van der Waals surface area (Å²) in [6.07, 6.45) is 5.92. The van der Waals surface area contributed by atoms with E-state index >= 15 is 0 Å². The summed E-state index contributed by atoms with van der Waals surface area (Å²) in [5, 5.41) is 2.84. The number of carbonyl (C=O) groups excluding carboxylic acids is 3. The first kappa shape index (κ1) is 16.1. The van der Waals surface area contributed by atoms with Crippen LogP contribution in [0.1, 0.15) is 24.5 Å². The van der Waals surface area contributed by atoms with E-state index < -0.39 is 0 Å². The summed E-state index contributed by atoms with van der Waals surface area (Å²) < 4.78 is 0. The molecule has 1 saturated carbocycles. The van der Waals surface area contributed by atoms with E-state index in [4.69, 9.17) is 0 Å². The quantitative estimate of drug-likeness (QED) is 0.656. The molecule has 0 aromatic heterocycles. The summed E-state index contributed by atoms with van der Waals surface area (Å²) in [6.45, 7) is 2.32. The Balaban J connectivity index is 1.39. The third kappa shape index (κ3) is 2.58. The lowest BCUT2D eigenvalue weighted by atomic mass is 9.85. The van der Waals surface area contributed by atoms with E-state index in [0.29, 0.717) is 6.54 Å². The van der Waals surface area contributed by atoms with E-state index in [9.17, 15) is 14.4 Å². The predicted octanol–water partition coefficient (Wildman–Crippen LogP) is 1.67. The maximum absolute atomic E-state index is 12.6. The average Bonchev–Trinajstić information content (AvgIpc) is 3.30. The van der Waals surface area contributed by atoms with Crippen molar-refractivity contribution in [3.05, 3.63) is 47.5 Å². The number of nitrogens with one attached hydrogen (secondary N) is 1. The van der Waals surface area contributed by atoms with Gasteiger partial charge in [-0.25, -0.2) is 0 Å². The fraction of sp³-hybridized carbons (Fsp3) is 0.450. The van der Waals surface area contributed by atoms with Gasteiger partial charge in [0, 0.05) is 6.54 Å². The largest absolute Gasteiger partial charge is 0.350 e. The highest BCUT2D eigenvalue weighted by Crippen LogP contribution is 2.52. The number of hydrogen-bond acceptors (Lipinski definition) is 3. The smallest absolute Gasteiger partial charge is 0.240 e. The van der Waals surface area contributed by atoms with Gasteiger partial charge < -0.3 is 5.32 Å². The van der Waals surface area contributed by atoms with Crippen molar-refractivity contribution in [1.29, 1.82) is 0 Å². The standard InChI is InChI=1S/C20H22N2O3/c1-2-12-5-3-4-6-15(12)10-21-16(23)11-22-19(24)17-13-7-8-14(9-13)18(17)20(22)25/h3-8,13-14,17-18H,2,9-11H2,1H3,(H,21,23)/t13-,14-,17+,18+/m0/s1. The van der Waals surface area contributed by atoms with Crippen molar-refractivity contribution in [3.8, 4) is 0 Å². The summed E-state index contributed by atoms with van der Waals surface area (Å²) in [6, 6.07) is 7.95. The van der Waals surface area contributed by atoms with E-state index in [0.717, 1.165) is 18.4 Å². The number of amides is 3. The summed E-state index contributed by atoms with van der Waals surface area (Å²) in [7, 11) is 0. The maximum atomic E-state index is 12.6. The number of benzene rings is 1. The first-order chi connectivity index (χ1) is 12.1. The number of carbonyl (C=O) groups is 3. The first-order valence-electron chi connectivity index (χ1n) is 8.97. The van der Waals surface area contributed by atoms with E-state index in [1.54, 1.807) is 0 Å². The van der Waals surface area contributed by atoms with E-state index in [2.05, 4.69) is 24.4 Å². The monoisotopic (exact) mass is 338 g/mol. The molecule has 130 valence electrons. The van der Waals surface area contributed by atoms with Crippen molar-refractivity contribution >= 4 is 17.7 Å². The van der Waals surface area contributed by atoms with Crippen LogP contribution >= 0.6 is 0 Å². The van der Waals surface area contributed by atoms with Crippen molar-refractivity contribution in [2.24, 2.45) is 23.7 Å². The highest BCUT2D eigenvalue weighted by atomic mass is 16.2. The molecular formula is C20H22N2O3. The molecule has 5 nitrogen and oxygen atoms in total. The van der Waals surface area contributed by atoms with Gasteiger partial charge in [-0.1, -0.05) is 43.3 Å². The molecule has 1 N–H and O–H groups in total. The van der Waals surface area contributed by atoms with Crippen molar-refractivity contribution < 1.29 is 14.4 Å². The van der Waals surface area contributed by atoms with Gasteiger partial charge >= 0.3 is 0 Å². The summed E-state index contributed by atoms with van der Waals surface area (Å²) in [4.78, 5) is 38.6.